The number of rotatable bonds is 3. The molecule has 6 heteroatoms. The molecule has 0 spiro atoms. The molecule has 0 radical (unpaired) electrons. The lowest BCUT2D eigenvalue weighted by molar-refractivity contribution is 0.116. The Balaban J connectivity index is 1.94. The van der Waals surface area contributed by atoms with Crippen molar-refractivity contribution in [3.05, 3.63) is 12.0 Å². The van der Waals surface area contributed by atoms with Gasteiger partial charge in [-0.15, -0.1) is 0 Å². The van der Waals surface area contributed by atoms with Gasteiger partial charge in [-0.3, -0.25) is 4.68 Å². The average Bonchev–Trinajstić information content (AvgIpc) is 2.99. The van der Waals surface area contributed by atoms with E-state index in [1.165, 1.54) is 0 Å². The van der Waals surface area contributed by atoms with E-state index < -0.39 is 0 Å². The summed E-state index contributed by atoms with van der Waals surface area (Å²) in [6, 6.07) is 0. The van der Waals surface area contributed by atoms with E-state index in [4.69, 9.17) is 4.74 Å². The van der Waals surface area contributed by atoms with E-state index in [0.717, 1.165) is 48.7 Å². The first-order chi connectivity index (χ1) is 9.15. The lowest BCUT2D eigenvalue weighted by Gasteiger charge is -2.22. The van der Waals surface area contributed by atoms with Gasteiger partial charge in [0.2, 0.25) is 0 Å². The van der Waals surface area contributed by atoms with E-state index in [1.807, 2.05) is 20.2 Å². The Labute approximate surface area is 112 Å². The molecule has 0 amide bonds. The number of nitrogens with zero attached hydrogens (tertiary/aromatic N) is 5. The average molecular weight is 261 g/mol. The van der Waals surface area contributed by atoms with E-state index in [1.54, 1.807) is 4.68 Å². The third-order valence-corrected chi connectivity index (χ3v) is 3.55. The van der Waals surface area contributed by atoms with Crippen LogP contribution >= 0.6 is 0 Å². The summed E-state index contributed by atoms with van der Waals surface area (Å²) < 4.78 is 7.47. The maximum absolute atomic E-state index is 5.69. The Morgan fingerprint density at radius 1 is 1.47 bits per heavy atom. The molecule has 1 aliphatic rings. The molecule has 2 aromatic heterocycles. The van der Waals surface area contributed by atoms with Crippen molar-refractivity contribution in [2.75, 3.05) is 25.1 Å². The molecule has 0 aromatic carbocycles. The third-order valence-electron chi connectivity index (χ3n) is 3.55. The highest BCUT2D eigenvalue weighted by molar-refractivity contribution is 5.86. The molecular formula is C13H19N5O. The van der Waals surface area contributed by atoms with Gasteiger partial charge in [0.25, 0.3) is 0 Å². The maximum atomic E-state index is 5.69. The lowest BCUT2D eigenvalue weighted by Crippen LogP contribution is -2.29. The number of fused-ring (bicyclic) bond motifs is 1. The Hall–Kier alpha value is -1.69. The summed E-state index contributed by atoms with van der Waals surface area (Å²) in [4.78, 5) is 11.2. The highest BCUT2D eigenvalue weighted by atomic mass is 16.5. The van der Waals surface area contributed by atoms with E-state index >= 15 is 0 Å². The van der Waals surface area contributed by atoms with Crippen LogP contribution in [0.4, 0.5) is 5.82 Å². The van der Waals surface area contributed by atoms with Crippen molar-refractivity contribution in [2.24, 2.45) is 7.05 Å². The fourth-order valence-electron chi connectivity index (χ4n) is 2.58. The monoisotopic (exact) mass is 261 g/mol. The van der Waals surface area contributed by atoms with Crippen LogP contribution in [0.25, 0.3) is 11.0 Å². The molecule has 1 atom stereocenters. The predicted octanol–water partition coefficient (Wildman–Crippen LogP) is 1.29. The van der Waals surface area contributed by atoms with E-state index in [2.05, 4.69) is 27.0 Å². The van der Waals surface area contributed by atoms with Crippen molar-refractivity contribution in [3.8, 4) is 0 Å². The van der Waals surface area contributed by atoms with Crippen LogP contribution in [-0.4, -0.2) is 46.1 Å². The molecule has 0 aliphatic carbocycles. The van der Waals surface area contributed by atoms with Gasteiger partial charge in [0.05, 0.1) is 17.7 Å². The standard InChI is InChI=1S/C13H19N5O/c1-9-15-12(11-7-14-18(3)13(11)16-9)17(2)8-10-5-4-6-19-10/h7,10H,4-6,8H2,1-3H3/t10-/m0/s1. The van der Waals surface area contributed by atoms with Crippen molar-refractivity contribution in [2.45, 2.75) is 25.9 Å². The molecule has 6 nitrogen and oxygen atoms in total. The minimum atomic E-state index is 0.312. The first kappa shape index (κ1) is 12.3. The fourth-order valence-corrected chi connectivity index (χ4v) is 2.58. The number of anilines is 1. The number of hydrogen-bond acceptors (Lipinski definition) is 5. The molecule has 0 bridgehead atoms. The minimum Gasteiger partial charge on any atom is -0.376 e. The first-order valence-electron chi connectivity index (χ1n) is 6.64. The molecule has 1 saturated heterocycles. The molecule has 3 rings (SSSR count). The zero-order chi connectivity index (χ0) is 13.4. The molecule has 19 heavy (non-hydrogen) atoms. The summed E-state index contributed by atoms with van der Waals surface area (Å²) >= 11 is 0. The van der Waals surface area contributed by atoms with Gasteiger partial charge in [-0.2, -0.15) is 5.10 Å². The van der Waals surface area contributed by atoms with Crippen LogP contribution in [0.15, 0.2) is 6.20 Å². The summed E-state index contributed by atoms with van der Waals surface area (Å²) in [5, 5.41) is 5.26. The summed E-state index contributed by atoms with van der Waals surface area (Å²) in [5.74, 6) is 1.70. The maximum Gasteiger partial charge on any atom is 0.163 e. The van der Waals surface area contributed by atoms with Crippen LogP contribution in [0, 0.1) is 6.92 Å². The molecule has 0 unspecified atom stereocenters. The second-order valence-corrected chi connectivity index (χ2v) is 5.12. The molecular weight excluding hydrogens is 242 g/mol. The third kappa shape index (κ3) is 2.28. The molecule has 1 aliphatic heterocycles. The number of ether oxygens (including phenoxy) is 1. The quantitative estimate of drug-likeness (QED) is 0.833. The Morgan fingerprint density at radius 2 is 2.32 bits per heavy atom. The van der Waals surface area contributed by atoms with E-state index in [-0.39, 0.29) is 0 Å². The van der Waals surface area contributed by atoms with Crippen molar-refractivity contribution in [3.63, 3.8) is 0 Å². The molecule has 0 N–H and O–H groups in total. The summed E-state index contributed by atoms with van der Waals surface area (Å²) in [5.41, 5.74) is 0.877. The largest absolute Gasteiger partial charge is 0.376 e. The highest BCUT2D eigenvalue weighted by Crippen LogP contribution is 2.24. The summed E-state index contributed by atoms with van der Waals surface area (Å²) in [7, 11) is 3.95. The lowest BCUT2D eigenvalue weighted by atomic mass is 10.2. The molecule has 3 heterocycles. The smallest absolute Gasteiger partial charge is 0.163 e. The van der Waals surface area contributed by atoms with Gasteiger partial charge in [0.1, 0.15) is 11.6 Å². The zero-order valence-electron chi connectivity index (χ0n) is 11.6. The highest BCUT2D eigenvalue weighted by Gasteiger charge is 2.20. The molecule has 1 fully saturated rings. The van der Waals surface area contributed by atoms with Gasteiger partial charge in [0, 0.05) is 27.2 Å². The number of aryl methyl sites for hydroxylation is 2. The van der Waals surface area contributed by atoms with Crippen molar-refractivity contribution in [1.29, 1.82) is 0 Å². The zero-order valence-corrected chi connectivity index (χ0v) is 11.6. The van der Waals surface area contributed by atoms with Crippen molar-refractivity contribution < 1.29 is 4.74 Å². The topological polar surface area (TPSA) is 56.1 Å². The summed E-state index contributed by atoms with van der Waals surface area (Å²) in [6.07, 6.45) is 4.43. The second kappa shape index (κ2) is 4.77. The number of likely N-dealkylation sites (N-methyl/N-ethyl adjacent to an activating group) is 1. The van der Waals surface area contributed by atoms with Crippen LogP contribution < -0.4 is 4.90 Å². The normalized spacial score (nSPS) is 19.2. The van der Waals surface area contributed by atoms with Gasteiger partial charge in [-0.1, -0.05) is 0 Å². The molecule has 102 valence electrons. The number of aromatic nitrogens is 4. The van der Waals surface area contributed by atoms with E-state index in [0.29, 0.717) is 6.10 Å². The predicted molar refractivity (Wildman–Crippen MR) is 73.3 cm³/mol. The van der Waals surface area contributed by atoms with Crippen molar-refractivity contribution >= 4 is 16.9 Å². The van der Waals surface area contributed by atoms with Gasteiger partial charge in [-0.05, 0) is 19.8 Å². The molecule has 2 aromatic rings. The minimum absolute atomic E-state index is 0.312. The van der Waals surface area contributed by atoms with E-state index in [9.17, 15) is 0 Å². The number of hydrogen-bond donors (Lipinski definition) is 0. The Kier molecular flexibility index (Phi) is 3.10. The van der Waals surface area contributed by atoms with Crippen LogP contribution in [-0.2, 0) is 11.8 Å². The Morgan fingerprint density at radius 3 is 3.05 bits per heavy atom. The van der Waals surface area contributed by atoms with Crippen LogP contribution in [0.5, 0.6) is 0 Å². The summed E-state index contributed by atoms with van der Waals surface area (Å²) in [6.45, 7) is 3.65. The van der Waals surface area contributed by atoms with Crippen LogP contribution in [0.1, 0.15) is 18.7 Å². The second-order valence-electron chi connectivity index (χ2n) is 5.12. The van der Waals surface area contributed by atoms with Crippen LogP contribution in [0.3, 0.4) is 0 Å². The van der Waals surface area contributed by atoms with Gasteiger partial charge in [-0.25, -0.2) is 9.97 Å². The van der Waals surface area contributed by atoms with Crippen LogP contribution in [0.2, 0.25) is 0 Å². The molecule has 0 saturated carbocycles. The van der Waals surface area contributed by atoms with Gasteiger partial charge >= 0.3 is 0 Å². The van der Waals surface area contributed by atoms with Crippen molar-refractivity contribution in [1.82, 2.24) is 19.7 Å². The SMILES string of the molecule is Cc1nc(N(C)C[C@@H]2CCCO2)c2cnn(C)c2n1. The fraction of sp³-hybridized carbons (Fsp3) is 0.615. The van der Waals surface area contributed by atoms with Gasteiger partial charge < -0.3 is 9.64 Å². The first-order valence-corrected chi connectivity index (χ1v) is 6.64. The van der Waals surface area contributed by atoms with Gasteiger partial charge in [0.15, 0.2) is 5.65 Å². The Bertz CT molecular complexity index is 588.